The molecule has 96 valence electrons. The number of alkyl halides is 1. The molecular formula is C14H17ClN2O. The number of hydrogen-bond donors (Lipinski definition) is 0. The third-order valence-corrected chi connectivity index (χ3v) is 3.88. The highest BCUT2D eigenvalue weighted by atomic mass is 35.5. The highest BCUT2D eigenvalue weighted by Crippen LogP contribution is 2.21. The molecule has 0 radical (unpaired) electrons. The highest BCUT2D eigenvalue weighted by molar-refractivity contribution is 6.16. The van der Waals surface area contributed by atoms with Crippen LogP contribution in [0.25, 0.3) is 11.0 Å². The number of rotatable bonds is 4. The maximum atomic E-state index is 5.99. The molecule has 1 aromatic heterocycles. The van der Waals surface area contributed by atoms with Crippen molar-refractivity contribution in [2.24, 2.45) is 5.92 Å². The molecule has 1 aliphatic rings. The summed E-state index contributed by atoms with van der Waals surface area (Å²) in [7, 11) is 0. The average Bonchev–Trinajstić information content (AvgIpc) is 3.03. The van der Waals surface area contributed by atoms with Crippen molar-refractivity contribution < 1.29 is 4.74 Å². The number of benzene rings is 1. The first-order valence-electron chi connectivity index (χ1n) is 6.46. The zero-order chi connectivity index (χ0) is 12.4. The number of para-hydroxylation sites is 2. The Morgan fingerprint density at radius 2 is 2.28 bits per heavy atom. The standard InChI is InChI=1S/C14H17ClN2O/c15-9-14-16-12-3-1-2-4-13(12)17(14)7-5-11-6-8-18-10-11/h1-4,11H,5-10H2. The van der Waals surface area contributed by atoms with Crippen LogP contribution < -0.4 is 0 Å². The Bertz CT molecular complexity index is 532. The van der Waals surface area contributed by atoms with Gasteiger partial charge in [-0.2, -0.15) is 0 Å². The minimum absolute atomic E-state index is 0.468. The van der Waals surface area contributed by atoms with Crippen LogP contribution in [0.15, 0.2) is 24.3 Å². The smallest absolute Gasteiger partial charge is 0.124 e. The van der Waals surface area contributed by atoms with Crippen molar-refractivity contribution in [2.45, 2.75) is 25.3 Å². The molecule has 0 N–H and O–H groups in total. The number of imidazole rings is 1. The van der Waals surface area contributed by atoms with Crippen molar-refractivity contribution >= 4 is 22.6 Å². The van der Waals surface area contributed by atoms with Gasteiger partial charge in [0, 0.05) is 19.8 Å². The Balaban J connectivity index is 1.84. The fraction of sp³-hybridized carbons (Fsp3) is 0.500. The number of aromatic nitrogens is 2. The van der Waals surface area contributed by atoms with E-state index in [4.69, 9.17) is 16.3 Å². The molecule has 1 unspecified atom stereocenters. The summed E-state index contributed by atoms with van der Waals surface area (Å²) in [5.74, 6) is 2.13. The van der Waals surface area contributed by atoms with Gasteiger partial charge in [-0.1, -0.05) is 12.1 Å². The first-order chi connectivity index (χ1) is 8.88. The summed E-state index contributed by atoms with van der Waals surface area (Å²) >= 11 is 5.99. The molecule has 4 heteroatoms. The van der Waals surface area contributed by atoms with Gasteiger partial charge in [0.05, 0.1) is 16.9 Å². The van der Waals surface area contributed by atoms with E-state index in [-0.39, 0.29) is 0 Å². The van der Waals surface area contributed by atoms with E-state index in [1.807, 2.05) is 12.1 Å². The molecule has 1 atom stereocenters. The number of hydrogen-bond acceptors (Lipinski definition) is 2. The van der Waals surface area contributed by atoms with Gasteiger partial charge in [0.15, 0.2) is 0 Å². The van der Waals surface area contributed by atoms with E-state index in [0.717, 1.165) is 37.5 Å². The van der Waals surface area contributed by atoms with Gasteiger partial charge >= 0.3 is 0 Å². The molecule has 3 rings (SSSR count). The molecule has 2 aromatic rings. The molecule has 0 aliphatic carbocycles. The monoisotopic (exact) mass is 264 g/mol. The van der Waals surface area contributed by atoms with E-state index in [0.29, 0.717) is 11.8 Å². The minimum Gasteiger partial charge on any atom is -0.381 e. The highest BCUT2D eigenvalue weighted by Gasteiger charge is 2.17. The number of fused-ring (bicyclic) bond motifs is 1. The van der Waals surface area contributed by atoms with Crippen LogP contribution in [0.3, 0.4) is 0 Å². The van der Waals surface area contributed by atoms with Crippen LogP contribution in [0, 0.1) is 5.92 Å². The second-order valence-electron chi connectivity index (χ2n) is 4.82. The van der Waals surface area contributed by atoms with Crippen molar-refractivity contribution in [3.63, 3.8) is 0 Å². The van der Waals surface area contributed by atoms with Crippen molar-refractivity contribution in [3.05, 3.63) is 30.1 Å². The van der Waals surface area contributed by atoms with Gasteiger partial charge in [-0.25, -0.2) is 4.98 Å². The van der Waals surface area contributed by atoms with E-state index >= 15 is 0 Å². The summed E-state index contributed by atoms with van der Waals surface area (Å²) in [5.41, 5.74) is 2.22. The molecule has 0 amide bonds. The van der Waals surface area contributed by atoms with Crippen molar-refractivity contribution in [3.8, 4) is 0 Å². The summed E-state index contributed by atoms with van der Waals surface area (Å²) in [6, 6.07) is 8.23. The molecule has 18 heavy (non-hydrogen) atoms. The normalized spacial score (nSPS) is 19.7. The Kier molecular flexibility index (Phi) is 3.52. The van der Waals surface area contributed by atoms with Gasteiger partial charge in [-0.05, 0) is 30.9 Å². The van der Waals surface area contributed by atoms with Gasteiger partial charge in [-0.3, -0.25) is 0 Å². The summed E-state index contributed by atoms with van der Waals surface area (Å²) in [6.07, 6.45) is 2.33. The summed E-state index contributed by atoms with van der Waals surface area (Å²) in [4.78, 5) is 4.58. The molecule has 2 heterocycles. The lowest BCUT2D eigenvalue weighted by atomic mass is 10.1. The van der Waals surface area contributed by atoms with E-state index in [2.05, 4.69) is 21.7 Å². The van der Waals surface area contributed by atoms with Crippen LogP contribution in [-0.2, 0) is 17.2 Å². The molecular weight excluding hydrogens is 248 g/mol. The summed E-state index contributed by atoms with van der Waals surface area (Å²) < 4.78 is 7.67. The van der Waals surface area contributed by atoms with Crippen LogP contribution in [-0.4, -0.2) is 22.8 Å². The number of nitrogens with zero attached hydrogens (tertiary/aromatic N) is 2. The Labute approximate surface area is 112 Å². The molecule has 0 bridgehead atoms. The fourth-order valence-corrected chi connectivity index (χ4v) is 2.80. The topological polar surface area (TPSA) is 27.1 Å². The summed E-state index contributed by atoms with van der Waals surface area (Å²) in [5, 5.41) is 0. The summed E-state index contributed by atoms with van der Waals surface area (Å²) in [6.45, 7) is 2.80. The number of halogens is 1. The van der Waals surface area contributed by atoms with Crippen molar-refractivity contribution in [2.75, 3.05) is 13.2 Å². The molecule has 3 nitrogen and oxygen atoms in total. The quantitative estimate of drug-likeness (QED) is 0.793. The third-order valence-electron chi connectivity index (χ3n) is 3.64. The lowest BCUT2D eigenvalue weighted by molar-refractivity contribution is 0.183. The maximum absolute atomic E-state index is 5.99. The van der Waals surface area contributed by atoms with Crippen LogP contribution in [0.1, 0.15) is 18.7 Å². The second kappa shape index (κ2) is 5.29. The van der Waals surface area contributed by atoms with Crippen molar-refractivity contribution in [1.29, 1.82) is 0 Å². The molecule has 1 aromatic carbocycles. The Hall–Kier alpha value is -1.06. The molecule has 0 saturated carbocycles. The van der Waals surface area contributed by atoms with E-state index in [1.54, 1.807) is 0 Å². The van der Waals surface area contributed by atoms with Crippen LogP contribution in [0.2, 0.25) is 0 Å². The first-order valence-corrected chi connectivity index (χ1v) is 7.00. The van der Waals surface area contributed by atoms with E-state index < -0.39 is 0 Å². The Morgan fingerprint density at radius 3 is 3.06 bits per heavy atom. The third kappa shape index (κ3) is 2.25. The lowest BCUT2D eigenvalue weighted by Gasteiger charge is -2.11. The molecule has 1 aliphatic heterocycles. The zero-order valence-corrected chi connectivity index (χ0v) is 11.1. The minimum atomic E-state index is 0.468. The predicted molar refractivity (Wildman–Crippen MR) is 72.8 cm³/mol. The van der Waals surface area contributed by atoms with Gasteiger partial charge in [-0.15, -0.1) is 11.6 Å². The average molecular weight is 265 g/mol. The van der Waals surface area contributed by atoms with E-state index in [9.17, 15) is 0 Å². The first kappa shape index (κ1) is 12.0. The van der Waals surface area contributed by atoms with Crippen LogP contribution in [0.5, 0.6) is 0 Å². The van der Waals surface area contributed by atoms with Crippen LogP contribution >= 0.6 is 11.6 Å². The number of ether oxygens (including phenoxy) is 1. The second-order valence-corrected chi connectivity index (χ2v) is 5.09. The van der Waals surface area contributed by atoms with Gasteiger partial charge in [0.2, 0.25) is 0 Å². The zero-order valence-electron chi connectivity index (χ0n) is 10.3. The molecule has 1 saturated heterocycles. The Morgan fingerprint density at radius 1 is 1.39 bits per heavy atom. The lowest BCUT2D eigenvalue weighted by Crippen LogP contribution is -2.08. The van der Waals surface area contributed by atoms with Gasteiger partial charge in [0.1, 0.15) is 5.82 Å². The van der Waals surface area contributed by atoms with Crippen molar-refractivity contribution in [1.82, 2.24) is 9.55 Å². The van der Waals surface area contributed by atoms with Gasteiger partial charge in [0.25, 0.3) is 0 Å². The maximum Gasteiger partial charge on any atom is 0.124 e. The van der Waals surface area contributed by atoms with Crippen LogP contribution in [0.4, 0.5) is 0 Å². The number of aryl methyl sites for hydroxylation is 1. The molecule has 1 fully saturated rings. The largest absolute Gasteiger partial charge is 0.381 e. The molecule has 0 spiro atoms. The fourth-order valence-electron chi connectivity index (χ4n) is 2.60. The predicted octanol–water partition coefficient (Wildman–Crippen LogP) is 3.20. The SMILES string of the molecule is ClCc1nc2ccccc2n1CCC1CCOC1. The van der Waals surface area contributed by atoms with Gasteiger partial charge < -0.3 is 9.30 Å². The van der Waals surface area contributed by atoms with E-state index in [1.165, 1.54) is 11.9 Å².